The summed E-state index contributed by atoms with van der Waals surface area (Å²) in [5, 5.41) is 8.94. The first-order valence-corrected chi connectivity index (χ1v) is 12.0. The molecule has 0 saturated carbocycles. The number of hydrogen-bond donors (Lipinski definition) is 1. The SMILES string of the molecule is O=C(O)Cc1ccc(OCC=C(c2ccc(I)cc2)c2ccc(I)cc2)c(I)c1. The molecule has 0 radical (unpaired) electrons. The summed E-state index contributed by atoms with van der Waals surface area (Å²) < 4.78 is 9.28. The fraction of sp³-hybridized carbons (Fsp3) is 0.0870. The number of carboxylic acid groups (broad SMARTS) is 1. The molecule has 1 N–H and O–H groups in total. The second-order valence-corrected chi connectivity index (χ2v) is 9.93. The van der Waals surface area contributed by atoms with E-state index in [2.05, 4.69) is 122 Å². The zero-order valence-corrected chi connectivity index (χ0v) is 21.7. The quantitative estimate of drug-likeness (QED) is 0.279. The van der Waals surface area contributed by atoms with Crippen molar-refractivity contribution in [2.45, 2.75) is 6.42 Å². The number of rotatable bonds is 7. The van der Waals surface area contributed by atoms with Gasteiger partial charge in [0.25, 0.3) is 0 Å². The number of halogens is 3. The molecule has 0 bridgehead atoms. The van der Waals surface area contributed by atoms with Crippen molar-refractivity contribution in [1.82, 2.24) is 0 Å². The van der Waals surface area contributed by atoms with Crippen LogP contribution in [-0.4, -0.2) is 17.7 Å². The molecule has 3 aromatic rings. The molecule has 3 aromatic carbocycles. The first kappa shape index (κ1) is 22.5. The average molecular weight is 722 g/mol. The van der Waals surface area contributed by atoms with Crippen LogP contribution in [0.5, 0.6) is 5.75 Å². The maximum Gasteiger partial charge on any atom is 0.307 e. The zero-order valence-electron chi connectivity index (χ0n) is 15.2. The summed E-state index contributed by atoms with van der Waals surface area (Å²) in [5.74, 6) is -0.0855. The van der Waals surface area contributed by atoms with Gasteiger partial charge < -0.3 is 9.84 Å². The minimum Gasteiger partial charge on any atom is -0.488 e. The Kier molecular flexibility index (Phi) is 8.36. The van der Waals surface area contributed by atoms with Gasteiger partial charge in [-0.3, -0.25) is 4.79 Å². The molecule has 0 fully saturated rings. The summed E-state index contributed by atoms with van der Waals surface area (Å²) in [6.07, 6.45) is 2.10. The maximum absolute atomic E-state index is 10.9. The lowest BCUT2D eigenvalue weighted by atomic mass is 9.98. The van der Waals surface area contributed by atoms with Crippen molar-refractivity contribution in [3.8, 4) is 5.75 Å². The molecule has 0 aromatic heterocycles. The third-order valence-electron chi connectivity index (χ3n) is 4.19. The Morgan fingerprint density at radius 3 is 1.90 bits per heavy atom. The summed E-state index contributed by atoms with van der Waals surface area (Å²) in [6, 6.07) is 22.4. The van der Waals surface area contributed by atoms with Gasteiger partial charge >= 0.3 is 5.97 Å². The maximum atomic E-state index is 10.9. The van der Waals surface area contributed by atoms with E-state index in [-0.39, 0.29) is 6.42 Å². The second-order valence-electron chi connectivity index (χ2n) is 6.28. The summed E-state index contributed by atoms with van der Waals surface area (Å²) in [7, 11) is 0. The van der Waals surface area contributed by atoms with Gasteiger partial charge in [-0.1, -0.05) is 30.3 Å². The van der Waals surface area contributed by atoms with Crippen molar-refractivity contribution in [3.05, 3.63) is 100 Å². The normalized spacial score (nSPS) is 10.4. The topological polar surface area (TPSA) is 46.5 Å². The van der Waals surface area contributed by atoms with Gasteiger partial charge in [-0.15, -0.1) is 0 Å². The van der Waals surface area contributed by atoms with Crippen molar-refractivity contribution in [2.24, 2.45) is 0 Å². The van der Waals surface area contributed by atoms with Crippen LogP contribution >= 0.6 is 67.8 Å². The predicted octanol–water partition coefficient (Wildman–Crippen LogP) is 6.64. The molecule has 0 spiro atoms. The van der Waals surface area contributed by atoms with E-state index in [4.69, 9.17) is 9.84 Å². The number of hydrogen-bond acceptors (Lipinski definition) is 2. The van der Waals surface area contributed by atoms with Crippen molar-refractivity contribution < 1.29 is 14.6 Å². The van der Waals surface area contributed by atoms with Crippen molar-refractivity contribution in [2.75, 3.05) is 6.61 Å². The fourth-order valence-corrected chi connectivity index (χ4v) is 4.28. The van der Waals surface area contributed by atoms with Crippen LogP contribution in [0.3, 0.4) is 0 Å². The van der Waals surface area contributed by atoms with Crippen molar-refractivity contribution in [3.63, 3.8) is 0 Å². The first-order valence-electron chi connectivity index (χ1n) is 8.77. The number of benzene rings is 3. The highest BCUT2D eigenvalue weighted by molar-refractivity contribution is 14.1. The molecule has 0 aliphatic rings. The second kappa shape index (κ2) is 10.8. The molecule has 0 atom stereocenters. The van der Waals surface area contributed by atoms with Gasteiger partial charge in [-0.25, -0.2) is 0 Å². The first-order chi connectivity index (χ1) is 13.9. The molecule has 6 heteroatoms. The van der Waals surface area contributed by atoms with Crippen LogP contribution in [0, 0.1) is 10.7 Å². The molecule has 3 rings (SSSR count). The van der Waals surface area contributed by atoms with Crippen molar-refractivity contribution in [1.29, 1.82) is 0 Å². The van der Waals surface area contributed by atoms with Crippen LogP contribution in [0.1, 0.15) is 16.7 Å². The number of carboxylic acids is 1. The molecule has 148 valence electrons. The van der Waals surface area contributed by atoms with Crippen LogP contribution in [0.15, 0.2) is 72.8 Å². The predicted molar refractivity (Wildman–Crippen MR) is 141 cm³/mol. The highest BCUT2D eigenvalue weighted by Crippen LogP contribution is 2.26. The van der Waals surface area contributed by atoms with Crippen molar-refractivity contribution >= 4 is 79.3 Å². The van der Waals surface area contributed by atoms with E-state index in [0.717, 1.165) is 31.6 Å². The van der Waals surface area contributed by atoms with E-state index in [1.165, 1.54) is 7.14 Å². The molecule has 0 unspecified atom stereocenters. The Bertz CT molecular complexity index is 979. The molecule has 3 nitrogen and oxygen atoms in total. The Hall–Kier alpha value is -1.14. The molecule has 0 aliphatic heterocycles. The molecule has 0 amide bonds. The highest BCUT2D eigenvalue weighted by Gasteiger charge is 2.08. The van der Waals surface area contributed by atoms with Crippen LogP contribution in [0.4, 0.5) is 0 Å². The standard InChI is InChI=1S/C23H17I3O3/c24-18-6-2-16(3-7-18)20(17-4-8-19(25)9-5-17)11-12-29-22-10-1-15(13-21(22)26)14-23(27)28/h1-11,13H,12,14H2,(H,27,28). The van der Waals surface area contributed by atoms with Gasteiger partial charge in [0.2, 0.25) is 0 Å². The minimum atomic E-state index is -0.836. The van der Waals surface area contributed by atoms with Gasteiger partial charge in [-0.2, -0.15) is 0 Å². The molecule has 0 heterocycles. The van der Waals surface area contributed by atoms with Crippen LogP contribution in [-0.2, 0) is 11.2 Å². The van der Waals surface area contributed by atoms with E-state index in [1.807, 2.05) is 12.1 Å². The smallest absolute Gasteiger partial charge is 0.307 e. The largest absolute Gasteiger partial charge is 0.488 e. The zero-order chi connectivity index (χ0) is 20.8. The van der Waals surface area contributed by atoms with E-state index in [9.17, 15) is 4.79 Å². The molecule has 0 saturated heterocycles. The fourth-order valence-electron chi connectivity index (χ4n) is 2.82. The van der Waals surface area contributed by atoms with E-state index >= 15 is 0 Å². The Balaban J connectivity index is 1.82. The van der Waals surface area contributed by atoms with Gasteiger partial charge in [0.05, 0.1) is 9.99 Å². The number of aliphatic carboxylic acids is 1. The van der Waals surface area contributed by atoms with Crippen LogP contribution in [0.2, 0.25) is 0 Å². The third kappa shape index (κ3) is 6.68. The Labute approximate surface area is 211 Å². The molecular weight excluding hydrogens is 705 g/mol. The van der Waals surface area contributed by atoms with E-state index in [1.54, 1.807) is 6.07 Å². The Morgan fingerprint density at radius 2 is 1.41 bits per heavy atom. The monoisotopic (exact) mass is 722 g/mol. The summed E-state index contributed by atoms with van der Waals surface area (Å²) in [5.41, 5.74) is 4.17. The van der Waals surface area contributed by atoms with E-state index < -0.39 is 5.97 Å². The Morgan fingerprint density at radius 1 is 0.862 bits per heavy atom. The van der Waals surface area contributed by atoms with E-state index in [0.29, 0.717) is 6.61 Å². The van der Waals surface area contributed by atoms with Gasteiger partial charge in [-0.05, 0) is 133 Å². The highest BCUT2D eigenvalue weighted by atomic mass is 127. The summed E-state index contributed by atoms with van der Waals surface area (Å²) in [4.78, 5) is 10.9. The van der Waals surface area contributed by atoms with Gasteiger partial charge in [0.15, 0.2) is 0 Å². The number of ether oxygens (including phenoxy) is 1. The lowest BCUT2D eigenvalue weighted by Gasteiger charge is -2.11. The lowest BCUT2D eigenvalue weighted by molar-refractivity contribution is -0.136. The van der Waals surface area contributed by atoms with Crippen LogP contribution in [0.25, 0.3) is 5.57 Å². The lowest BCUT2D eigenvalue weighted by Crippen LogP contribution is -2.02. The van der Waals surface area contributed by atoms with Crippen LogP contribution < -0.4 is 4.74 Å². The van der Waals surface area contributed by atoms with Gasteiger partial charge in [0.1, 0.15) is 12.4 Å². The average Bonchev–Trinajstić information content (AvgIpc) is 2.68. The number of carbonyl (C=O) groups is 1. The minimum absolute atomic E-state index is 0.0138. The summed E-state index contributed by atoms with van der Waals surface area (Å²) in [6.45, 7) is 0.418. The molecule has 29 heavy (non-hydrogen) atoms. The molecule has 0 aliphatic carbocycles. The van der Waals surface area contributed by atoms with Gasteiger partial charge in [0, 0.05) is 7.14 Å². The summed E-state index contributed by atoms with van der Waals surface area (Å²) >= 11 is 6.79. The molecular formula is C23H17I3O3. The third-order valence-corrected chi connectivity index (χ3v) is 6.47.